The van der Waals surface area contributed by atoms with Crippen LogP contribution >= 0.6 is 0 Å². The van der Waals surface area contributed by atoms with Gasteiger partial charge in [-0.05, 0) is 116 Å². The number of aliphatic hydroxyl groups excluding tert-OH is 1. The molecular weight excluding hydrogens is 703 g/mol. The van der Waals surface area contributed by atoms with Gasteiger partial charge in [-0.25, -0.2) is 0 Å². The van der Waals surface area contributed by atoms with Gasteiger partial charge < -0.3 is 19.8 Å². The largest absolute Gasteiger partial charge is 0.481 e. The summed E-state index contributed by atoms with van der Waals surface area (Å²) in [6.45, 7) is 23.9. The molecule has 310 valence electrons. The number of carboxylic acids is 1. The van der Waals surface area contributed by atoms with Gasteiger partial charge in [0, 0.05) is 36.3 Å². The average molecular weight is 774 g/mol. The minimum Gasteiger partial charge on any atom is -0.481 e. The highest BCUT2D eigenvalue weighted by molar-refractivity contribution is 6.00. The topological polar surface area (TPSA) is 121 Å². The molecule has 5 aliphatic carbocycles. The van der Waals surface area contributed by atoms with Gasteiger partial charge in [0.05, 0.1) is 17.9 Å². The maximum absolute atomic E-state index is 14.3. The molecule has 0 heterocycles. The number of fused-ring (bicyclic) bond motifs is 7. The predicted molar refractivity (Wildman–Crippen MR) is 218 cm³/mol. The number of carboxylic acid groups (broad SMARTS) is 1. The quantitative estimate of drug-likeness (QED) is 0.215. The standard InChI is InChI=1S/C48H71NO7/c1-29(2)39-33(50)25-48(36(51)28-49(41(53)30(3)4)27-31-15-13-12-14-16-31)24-23-46(10)32(40(39)48)17-18-35-45(9)21-20-37(56-38(52)26-43(5,6)42(54)55)44(7,8)34(45)19-22-47(35,46)11/h12-16,29-30,32,34-37,51H,17-28H2,1-11H3,(H,54,55). The Morgan fingerprint density at radius 1 is 0.875 bits per heavy atom. The molecule has 2 N–H and O–H groups in total. The summed E-state index contributed by atoms with van der Waals surface area (Å²) in [5, 5.41) is 22.2. The van der Waals surface area contributed by atoms with Crippen molar-refractivity contribution in [3.8, 4) is 0 Å². The fourth-order valence-corrected chi connectivity index (χ4v) is 13.7. The van der Waals surface area contributed by atoms with E-state index in [2.05, 4.69) is 48.5 Å². The number of esters is 1. The third kappa shape index (κ3) is 6.70. The van der Waals surface area contributed by atoms with Gasteiger partial charge >= 0.3 is 11.9 Å². The van der Waals surface area contributed by atoms with Gasteiger partial charge in [0.2, 0.25) is 5.91 Å². The first-order chi connectivity index (χ1) is 26.0. The van der Waals surface area contributed by atoms with Gasteiger partial charge in [0.1, 0.15) is 6.10 Å². The van der Waals surface area contributed by atoms with Crippen LogP contribution in [-0.4, -0.2) is 57.5 Å². The molecule has 4 saturated carbocycles. The number of rotatable bonds is 11. The van der Waals surface area contributed by atoms with Crippen LogP contribution in [0.2, 0.25) is 0 Å². The molecule has 5 aliphatic rings. The van der Waals surface area contributed by atoms with Gasteiger partial charge in [-0.3, -0.25) is 19.2 Å². The van der Waals surface area contributed by atoms with Crippen LogP contribution in [0.1, 0.15) is 146 Å². The zero-order valence-corrected chi connectivity index (χ0v) is 36.3. The number of ether oxygens (including phenoxy) is 1. The molecule has 9 unspecified atom stereocenters. The van der Waals surface area contributed by atoms with Crippen molar-refractivity contribution in [2.24, 2.45) is 62.1 Å². The van der Waals surface area contributed by atoms with Crippen LogP contribution in [0, 0.1) is 62.1 Å². The predicted octanol–water partition coefficient (Wildman–Crippen LogP) is 9.43. The van der Waals surface area contributed by atoms with Crippen molar-refractivity contribution in [2.45, 2.75) is 159 Å². The Morgan fingerprint density at radius 3 is 2.14 bits per heavy atom. The average Bonchev–Trinajstić information content (AvgIpc) is 3.42. The first-order valence-corrected chi connectivity index (χ1v) is 21.7. The number of allylic oxidation sites excluding steroid dienone is 1. The van der Waals surface area contributed by atoms with Gasteiger partial charge in [0.25, 0.3) is 0 Å². The van der Waals surface area contributed by atoms with E-state index in [4.69, 9.17) is 4.74 Å². The fraction of sp³-hybridized carbons (Fsp3) is 0.750. The SMILES string of the molecule is CC(C)C(=O)N(Cc1ccccc1)CC(O)C12CCC3(C)C(CCC4C5(C)CCC(OC(=O)CC(C)(C)C(=O)O)C(C)(C)C5CCC43C)C1=C(C(C)C)C(=O)C2. The number of Topliss-reactive ketones (excluding diaryl/α,β-unsaturated/α-hetero) is 1. The Hall–Kier alpha value is -3.00. The number of nitrogens with zero attached hydrogens (tertiary/aromatic N) is 1. The Balaban J connectivity index is 1.30. The first-order valence-electron chi connectivity index (χ1n) is 21.7. The summed E-state index contributed by atoms with van der Waals surface area (Å²) in [6.07, 6.45) is 6.47. The first kappa shape index (κ1) is 42.6. The van der Waals surface area contributed by atoms with Crippen LogP contribution in [0.5, 0.6) is 0 Å². The van der Waals surface area contributed by atoms with Gasteiger partial charge in [-0.2, -0.15) is 0 Å². The minimum absolute atomic E-state index is 0.00291. The summed E-state index contributed by atoms with van der Waals surface area (Å²) >= 11 is 0. The molecule has 1 amide bonds. The Kier molecular flexibility index (Phi) is 11.2. The molecular formula is C48H71NO7. The zero-order valence-electron chi connectivity index (χ0n) is 36.3. The maximum atomic E-state index is 14.3. The number of carbonyl (C=O) groups excluding carboxylic acids is 3. The molecule has 1 aromatic rings. The minimum atomic E-state index is -1.18. The van der Waals surface area contributed by atoms with Gasteiger partial charge in [0.15, 0.2) is 5.78 Å². The van der Waals surface area contributed by atoms with E-state index in [9.17, 15) is 29.4 Å². The van der Waals surface area contributed by atoms with E-state index in [1.165, 1.54) is 5.57 Å². The highest BCUT2D eigenvalue weighted by atomic mass is 16.5. The van der Waals surface area contributed by atoms with Crippen LogP contribution in [0.15, 0.2) is 41.5 Å². The molecule has 0 aliphatic heterocycles. The lowest BCUT2D eigenvalue weighted by Crippen LogP contribution is -2.66. The number of ketones is 1. The van der Waals surface area contributed by atoms with Crippen LogP contribution in [-0.2, 0) is 30.5 Å². The molecule has 9 atom stereocenters. The molecule has 0 saturated heterocycles. The zero-order chi connectivity index (χ0) is 41.4. The number of aliphatic carboxylic acids is 1. The molecule has 8 heteroatoms. The summed E-state index contributed by atoms with van der Waals surface area (Å²) in [4.78, 5) is 54.7. The second-order valence-electron chi connectivity index (χ2n) is 21.4. The van der Waals surface area contributed by atoms with E-state index >= 15 is 0 Å². The van der Waals surface area contributed by atoms with Crippen molar-refractivity contribution in [1.29, 1.82) is 0 Å². The fourth-order valence-electron chi connectivity index (χ4n) is 13.7. The summed E-state index contributed by atoms with van der Waals surface area (Å²) < 4.78 is 6.18. The number of aliphatic hydroxyl groups is 1. The second kappa shape index (κ2) is 14.7. The van der Waals surface area contributed by atoms with Crippen molar-refractivity contribution in [2.75, 3.05) is 6.54 Å². The monoisotopic (exact) mass is 774 g/mol. The molecule has 0 bridgehead atoms. The third-order valence-corrected chi connectivity index (χ3v) is 16.9. The van der Waals surface area contributed by atoms with Crippen molar-refractivity contribution in [3.05, 3.63) is 47.0 Å². The van der Waals surface area contributed by atoms with Gasteiger partial charge in [-0.15, -0.1) is 0 Å². The van der Waals surface area contributed by atoms with E-state index in [1.54, 1.807) is 13.8 Å². The van der Waals surface area contributed by atoms with Crippen molar-refractivity contribution < 1.29 is 34.1 Å². The Morgan fingerprint density at radius 2 is 1.54 bits per heavy atom. The van der Waals surface area contributed by atoms with Crippen molar-refractivity contribution >= 4 is 23.6 Å². The van der Waals surface area contributed by atoms with Crippen LogP contribution in [0.25, 0.3) is 0 Å². The number of hydrogen-bond acceptors (Lipinski definition) is 6. The van der Waals surface area contributed by atoms with E-state index in [0.29, 0.717) is 24.8 Å². The highest BCUT2D eigenvalue weighted by Gasteiger charge is 2.71. The summed E-state index contributed by atoms with van der Waals surface area (Å²) in [6, 6.07) is 9.98. The smallest absolute Gasteiger partial charge is 0.309 e. The normalized spacial score (nSPS) is 35.6. The van der Waals surface area contributed by atoms with Gasteiger partial charge in [-0.1, -0.05) is 98.2 Å². The van der Waals surface area contributed by atoms with E-state index in [0.717, 1.165) is 62.5 Å². The maximum Gasteiger partial charge on any atom is 0.309 e. The molecule has 0 aromatic heterocycles. The number of amides is 1. The lowest BCUT2D eigenvalue weighted by molar-refractivity contribution is -0.235. The van der Waals surface area contributed by atoms with Crippen LogP contribution in [0.4, 0.5) is 0 Å². The molecule has 56 heavy (non-hydrogen) atoms. The van der Waals surface area contributed by atoms with E-state index < -0.39 is 28.9 Å². The lowest BCUT2D eigenvalue weighted by Gasteiger charge is -2.72. The summed E-state index contributed by atoms with van der Waals surface area (Å²) in [7, 11) is 0. The van der Waals surface area contributed by atoms with E-state index in [1.807, 2.05) is 49.1 Å². The molecule has 1 aromatic carbocycles. The van der Waals surface area contributed by atoms with Crippen LogP contribution < -0.4 is 0 Å². The van der Waals surface area contributed by atoms with Crippen LogP contribution in [0.3, 0.4) is 0 Å². The summed E-state index contributed by atoms with van der Waals surface area (Å²) in [5.74, 6) is -0.466. The molecule has 8 nitrogen and oxygen atoms in total. The summed E-state index contributed by atoms with van der Waals surface area (Å²) in [5.41, 5.74) is 0.970. The number of benzene rings is 1. The lowest BCUT2D eigenvalue weighted by atomic mass is 9.33. The Labute approximate surface area is 336 Å². The number of hydrogen-bond donors (Lipinski definition) is 2. The van der Waals surface area contributed by atoms with Crippen molar-refractivity contribution in [3.63, 3.8) is 0 Å². The Bertz CT molecular complexity index is 1740. The van der Waals surface area contributed by atoms with E-state index in [-0.39, 0.29) is 70.2 Å². The molecule has 6 rings (SSSR count). The molecule has 0 radical (unpaired) electrons. The molecule has 0 spiro atoms. The van der Waals surface area contributed by atoms with Crippen molar-refractivity contribution in [1.82, 2.24) is 4.90 Å². The third-order valence-electron chi connectivity index (χ3n) is 16.9. The highest BCUT2D eigenvalue weighted by Crippen LogP contribution is 2.77. The number of carbonyl (C=O) groups is 4. The second-order valence-corrected chi connectivity index (χ2v) is 21.4. The molecule has 4 fully saturated rings.